The maximum Gasteiger partial charge on any atom is 0.0946 e. The quantitative estimate of drug-likeness (QED) is 0.823. The molecular weight excluding hydrogens is 202 g/mol. The molecule has 1 aromatic heterocycles. The molecule has 0 radical (unpaired) electrons. The summed E-state index contributed by atoms with van der Waals surface area (Å²) in [4.78, 5) is 6.65. The van der Waals surface area contributed by atoms with Crippen molar-refractivity contribution in [2.75, 3.05) is 6.54 Å². The van der Waals surface area contributed by atoms with E-state index in [9.17, 15) is 5.11 Å². The van der Waals surface area contributed by atoms with Crippen LogP contribution < -0.4 is 0 Å². The van der Waals surface area contributed by atoms with E-state index in [2.05, 4.69) is 14.5 Å². The summed E-state index contributed by atoms with van der Waals surface area (Å²) in [6.45, 7) is 2.11. The van der Waals surface area contributed by atoms with Gasteiger partial charge in [-0.15, -0.1) is 0 Å². The summed E-state index contributed by atoms with van der Waals surface area (Å²) in [7, 11) is 0. The highest BCUT2D eigenvalue weighted by Crippen LogP contribution is 2.35. The first-order chi connectivity index (χ1) is 7.83. The smallest absolute Gasteiger partial charge is 0.0946 e. The highest BCUT2D eigenvalue weighted by Gasteiger charge is 2.39. The monoisotopic (exact) mass is 221 g/mol. The van der Waals surface area contributed by atoms with Gasteiger partial charge in [-0.05, 0) is 25.7 Å². The molecule has 2 fully saturated rings. The van der Waals surface area contributed by atoms with E-state index in [-0.39, 0.29) is 6.10 Å². The molecule has 0 aromatic carbocycles. The van der Waals surface area contributed by atoms with Crippen molar-refractivity contribution in [2.45, 2.75) is 50.4 Å². The number of aromatic nitrogens is 2. The van der Waals surface area contributed by atoms with Gasteiger partial charge >= 0.3 is 0 Å². The number of piperidine rings is 1. The van der Waals surface area contributed by atoms with Crippen molar-refractivity contribution in [2.24, 2.45) is 0 Å². The molecule has 16 heavy (non-hydrogen) atoms. The van der Waals surface area contributed by atoms with Gasteiger partial charge in [0.2, 0.25) is 0 Å². The molecule has 0 spiro atoms. The summed E-state index contributed by atoms with van der Waals surface area (Å²) in [5.74, 6) is 0. The number of hydrogen-bond acceptors (Lipinski definition) is 3. The number of aliphatic hydroxyl groups is 1. The Balaban J connectivity index is 1.59. The predicted octanol–water partition coefficient (Wildman–Crippen LogP) is 0.871. The van der Waals surface area contributed by atoms with Crippen molar-refractivity contribution in [1.82, 2.24) is 14.5 Å². The minimum atomic E-state index is -0.0537. The van der Waals surface area contributed by atoms with Crippen LogP contribution in [-0.4, -0.2) is 44.3 Å². The van der Waals surface area contributed by atoms with E-state index in [0.717, 1.165) is 25.9 Å². The molecule has 2 aliphatic rings. The molecule has 2 unspecified atom stereocenters. The van der Waals surface area contributed by atoms with Gasteiger partial charge in [-0.25, -0.2) is 4.98 Å². The van der Waals surface area contributed by atoms with Crippen molar-refractivity contribution < 1.29 is 5.11 Å². The molecule has 0 saturated carbocycles. The van der Waals surface area contributed by atoms with Gasteiger partial charge in [0.25, 0.3) is 0 Å². The summed E-state index contributed by atoms with van der Waals surface area (Å²) in [5.41, 5.74) is 0. The fourth-order valence-corrected chi connectivity index (χ4v) is 3.26. The first-order valence-electron chi connectivity index (χ1n) is 6.22. The summed E-state index contributed by atoms with van der Waals surface area (Å²) >= 11 is 0. The SMILES string of the molecule is OC1CC2CCC(C1)N2CCn1ccnc1. The Morgan fingerprint density at radius 1 is 1.19 bits per heavy atom. The second-order valence-corrected chi connectivity index (χ2v) is 5.05. The number of rotatable bonds is 3. The number of fused-ring (bicyclic) bond motifs is 2. The average molecular weight is 221 g/mol. The van der Waals surface area contributed by atoms with Crippen molar-refractivity contribution >= 4 is 0 Å². The van der Waals surface area contributed by atoms with Crippen LogP contribution in [0.1, 0.15) is 25.7 Å². The van der Waals surface area contributed by atoms with Crippen molar-refractivity contribution in [3.05, 3.63) is 18.7 Å². The van der Waals surface area contributed by atoms with Gasteiger partial charge in [-0.2, -0.15) is 0 Å². The molecular formula is C12H19N3O. The minimum Gasteiger partial charge on any atom is -0.393 e. The maximum atomic E-state index is 9.72. The Hall–Kier alpha value is -0.870. The molecule has 2 bridgehead atoms. The van der Waals surface area contributed by atoms with Crippen LogP contribution in [0.5, 0.6) is 0 Å². The van der Waals surface area contributed by atoms with Gasteiger partial charge in [0.15, 0.2) is 0 Å². The Morgan fingerprint density at radius 2 is 1.94 bits per heavy atom. The zero-order valence-corrected chi connectivity index (χ0v) is 9.50. The second kappa shape index (κ2) is 4.18. The third-order valence-electron chi connectivity index (χ3n) is 4.04. The van der Waals surface area contributed by atoms with Crippen LogP contribution in [0, 0.1) is 0 Å². The van der Waals surface area contributed by atoms with E-state index in [4.69, 9.17) is 0 Å². The van der Waals surface area contributed by atoms with Crippen molar-refractivity contribution in [3.8, 4) is 0 Å². The summed E-state index contributed by atoms with van der Waals surface area (Å²) in [5, 5.41) is 9.72. The van der Waals surface area contributed by atoms with Crippen LogP contribution in [0.4, 0.5) is 0 Å². The summed E-state index contributed by atoms with van der Waals surface area (Å²) in [6, 6.07) is 1.24. The third kappa shape index (κ3) is 1.87. The lowest BCUT2D eigenvalue weighted by Crippen LogP contribution is -2.45. The zero-order valence-electron chi connectivity index (χ0n) is 9.50. The van der Waals surface area contributed by atoms with Crippen LogP contribution in [-0.2, 0) is 6.54 Å². The molecule has 3 heterocycles. The van der Waals surface area contributed by atoms with Gasteiger partial charge in [0, 0.05) is 37.6 Å². The molecule has 4 heteroatoms. The molecule has 1 N–H and O–H groups in total. The number of nitrogens with zero attached hydrogens (tertiary/aromatic N) is 3. The summed E-state index contributed by atoms with van der Waals surface area (Å²) < 4.78 is 2.13. The Morgan fingerprint density at radius 3 is 2.56 bits per heavy atom. The Bertz CT molecular complexity index is 324. The van der Waals surface area contributed by atoms with Gasteiger partial charge in [-0.1, -0.05) is 0 Å². The first-order valence-corrected chi connectivity index (χ1v) is 6.22. The molecule has 88 valence electrons. The van der Waals surface area contributed by atoms with Gasteiger partial charge in [0.05, 0.1) is 12.4 Å². The first kappa shape index (κ1) is 10.3. The fourth-order valence-electron chi connectivity index (χ4n) is 3.26. The standard InChI is InChI=1S/C12H19N3O/c16-12-7-10-1-2-11(8-12)15(10)6-5-14-4-3-13-9-14/h3-4,9-12,16H,1-2,5-8H2. The number of imidazole rings is 1. The van der Waals surface area contributed by atoms with Gasteiger partial charge < -0.3 is 9.67 Å². The lowest BCUT2D eigenvalue weighted by molar-refractivity contribution is 0.0337. The van der Waals surface area contributed by atoms with E-state index in [0.29, 0.717) is 12.1 Å². The molecule has 1 aromatic rings. The molecule has 4 nitrogen and oxygen atoms in total. The maximum absolute atomic E-state index is 9.72. The molecule has 2 saturated heterocycles. The van der Waals surface area contributed by atoms with Gasteiger partial charge in [0.1, 0.15) is 0 Å². The molecule has 0 amide bonds. The third-order valence-corrected chi connectivity index (χ3v) is 4.04. The van der Waals surface area contributed by atoms with E-state index >= 15 is 0 Å². The minimum absolute atomic E-state index is 0.0537. The van der Waals surface area contributed by atoms with Crippen LogP contribution in [0.15, 0.2) is 18.7 Å². The van der Waals surface area contributed by atoms with E-state index in [1.54, 1.807) is 0 Å². The van der Waals surface area contributed by atoms with Crippen molar-refractivity contribution in [3.63, 3.8) is 0 Å². The molecule has 2 aliphatic heterocycles. The predicted molar refractivity (Wildman–Crippen MR) is 61.0 cm³/mol. The Kier molecular flexibility index (Phi) is 2.69. The largest absolute Gasteiger partial charge is 0.393 e. The molecule has 0 aliphatic carbocycles. The van der Waals surface area contributed by atoms with E-state index in [1.165, 1.54) is 12.8 Å². The van der Waals surface area contributed by atoms with E-state index < -0.39 is 0 Å². The lowest BCUT2D eigenvalue weighted by Gasteiger charge is -2.37. The van der Waals surface area contributed by atoms with Crippen LogP contribution in [0.25, 0.3) is 0 Å². The van der Waals surface area contributed by atoms with Crippen molar-refractivity contribution in [1.29, 1.82) is 0 Å². The van der Waals surface area contributed by atoms with Crippen LogP contribution in [0.3, 0.4) is 0 Å². The summed E-state index contributed by atoms with van der Waals surface area (Å²) in [6.07, 6.45) is 10.1. The number of hydrogen-bond donors (Lipinski definition) is 1. The normalized spacial score (nSPS) is 34.4. The zero-order chi connectivity index (χ0) is 11.0. The van der Waals surface area contributed by atoms with Gasteiger partial charge in [-0.3, -0.25) is 4.90 Å². The highest BCUT2D eigenvalue weighted by atomic mass is 16.3. The van der Waals surface area contributed by atoms with Crippen LogP contribution >= 0.6 is 0 Å². The van der Waals surface area contributed by atoms with Crippen LogP contribution in [0.2, 0.25) is 0 Å². The fraction of sp³-hybridized carbons (Fsp3) is 0.750. The van der Waals surface area contributed by atoms with E-state index in [1.807, 2.05) is 18.7 Å². The average Bonchev–Trinajstić information content (AvgIpc) is 2.83. The molecule has 3 rings (SSSR count). The Labute approximate surface area is 95.9 Å². The molecule has 2 atom stereocenters. The lowest BCUT2D eigenvalue weighted by atomic mass is 10.00. The topological polar surface area (TPSA) is 41.3 Å². The number of aliphatic hydroxyl groups excluding tert-OH is 1. The highest BCUT2D eigenvalue weighted by molar-refractivity contribution is 4.95. The second-order valence-electron chi connectivity index (χ2n) is 5.05.